The maximum absolute atomic E-state index is 6.23. The van der Waals surface area contributed by atoms with Crippen LogP contribution in [0.25, 0.3) is 0 Å². The van der Waals surface area contributed by atoms with Crippen LogP contribution in [0.1, 0.15) is 19.8 Å². The third kappa shape index (κ3) is 3.05. The van der Waals surface area contributed by atoms with Crippen molar-refractivity contribution in [3.63, 3.8) is 0 Å². The first-order chi connectivity index (χ1) is 8.99. The molecule has 0 amide bonds. The van der Waals surface area contributed by atoms with Crippen molar-refractivity contribution in [1.29, 1.82) is 0 Å². The second-order valence-electron chi connectivity index (χ2n) is 4.95. The number of nitrogens with two attached hydrogens (primary N) is 1. The van der Waals surface area contributed by atoms with Crippen molar-refractivity contribution in [2.24, 2.45) is 5.84 Å². The van der Waals surface area contributed by atoms with E-state index in [0.717, 1.165) is 25.9 Å². The normalized spacial score (nSPS) is 23.5. The Kier molecular flexibility index (Phi) is 4.40. The SMILES string of the molecule is COC1(C)CCCN(c2nc(NN)c(Cl)cc2Cl)C1. The fourth-order valence-electron chi connectivity index (χ4n) is 2.33. The van der Waals surface area contributed by atoms with Gasteiger partial charge in [0.25, 0.3) is 0 Å². The van der Waals surface area contributed by atoms with Gasteiger partial charge >= 0.3 is 0 Å². The first kappa shape index (κ1) is 14.7. The number of nitrogen functional groups attached to an aromatic ring is 1. The maximum Gasteiger partial charge on any atom is 0.161 e. The van der Waals surface area contributed by atoms with Crippen LogP contribution in [0.15, 0.2) is 6.07 Å². The van der Waals surface area contributed by atoms with Gasteiger partial charge in [-0.3, -0.25) is 0 Å². The third-order valence-corrected chi connectivity index (χ3v) is 4.07. The van der Waals surface area contributed by atoms with E-state index in [9.17, 15) is 0 Å². The Morgan fingerprint density at radius 3 is 2.84 bits per heavy atom. The zero-order valence-corrected chi connectivity index (χ0v) is 12.6. The minimum Gasteiger partial charge on any atom is -0.377 e. The quantitative estimate of drug-likeness (QED) is 0.664. The summed E-state index contributed by atoms with van der Waals surface area (Å²) in [7, 11) is 1.73. The monoisotopic (exact) mass is 304 g/mol. The Hall–Kier alpha value is -0.750. The van der Waals surface area contributed by atoms with Gasteiger partial charge in [-0.15, -0.1) is 0 Å². The van der Waals surface area contributed by atoms with E-state index in [1.165, 1.54) is 0 Å². The molecule has 19 heavy (non-hydrogen) atoms. The molecule has 1 aromatic heterocycles. The number of hydrogen-bond acceptors (Lipinski definition) is 5. The number of piperidine rings is 1. The van der Waals surface area contributed by atoms with Gasteiger partial charge in [-0.1, -0.05) is 23.2 Å². The number of aromatic nitrogens is 1. The summed E-state index contributed by atoms with van der Waals surface area (Å²) >= 11 is 12.2. The molecule has 1 aliphatic heterocycles. The number of anilines is 2. The highest BCUT2D eigenvalue weighted by molar-refractivity contribution is 6.37. The summed E-state index contributed by atoms with van der Waals surface area (Å²) in [6.07, 6.45) is 2.05. The van der Waals surface area contributed by atoms with Crippen LogP contribution in [0.5, 0.6) is 0 Å². The van der Waals surface area contributed by atoms with Crippen molar-refractivity contribution in [3.05, 3.63) is 16.1 Å². The molecule has 1 atom stereocenters. The molecular formula is C12H18Cl2N4O. The van der Waals surface area contributed by atoms with Gasteiger partial charge in [0.15, 0.2) is 5.82 Å². The Bertz CT molecular complexity index is 471. The smallest absolute Gasteiger partial charge is 0.161 e. The van der Waals surface area contributed by atoms with E-state index in [-0.39, 0.29) is 5.60 Å². The van der Waals surface area contributed by atoms with E-state index in [4.69, 9.17) is 33.8 Å². The molecule has 7 heteroatoms. The molecule has 0 radical (unpaired) electrons. The van der Waals surface area contributed by atoms with Crippen LogP contribution >= 0.6 is 23.2 Å². The molecule has 2 rings (SSSR count). The first-order valence-electron chi connectivity index (χ1n) is 6.12. The minimum absolute atomic E-state index is 0.181. The zero-order chi connectivity index (χ0) is 14.0. The van der Waals surface area contributed by atoms with E-state index >= 15 is 0 Å². The summed E-state index contributed by atoms with van der Waals surface area (Å²) < 4.78 is 5.57. The molecule has 2 heterocycles. The van der Waals surface area contributed by atoms with Crippen LogP contribution in [0.4, 0.5) is 11.6 Å². The lowest BCUT2D eigenvalue weighted by molar-refractivity contribution is -0.00480. The van der Waals surface area contributed by atoms with E-state index in [1.54, 1.807) is 13.2 Å². The summed E-state index contributed by atoms with van der Waals surface area (Å²) in [5.41, 5.74) is 2.30. The molecule has 0 saturated carbocycles. The van der Waals surface area contributed by atoms with E-state index in [2.05, 4.69) is 22.2 Å². The number of halogens is 2. The zero-order valence-electron chi connectivity index (χ0n) is 11.0. The average Bonchev–Trinajstić information content (AvgIpc) is 2.39. The summed E-state index contributed by atoms with van der Waals surface area (Å²) in [6.45, 7) is 3.71. The van der Waals surface area contributed by atoms with Gasteiger partial charge in [0.1, 0.15) is 5.82 Å². The fraction of sp³-hybridized carbons (Fsp3) is 0.583. The summed E-state index contributed by atoms with van der Waals surface area (Å²) in [5, 5.41) is 0.923. The van der Waals surface area contributed by atoms with Crippen molar-refractivity contribution in [2.75, 3.05) is 30.5 Å². The van der Waals surface area contributed by atoms with Crippen LogP contribution < -0.4 is 16.2 Å². The largest absolute Gasteiger partial charge is 0.377 e. The van der Waals surface area contributed by atoms with Crippen molar-refractivity contribution in [2.45, 2.75) is 25.4 Å². The van der Waals surface area contributed by atoms with Gasteiger partial charge in [0, 0.05) is 20.2 Å². The molecular weight excluding hydrogens is 287 g/mol. The van der Waals surface area contributed by atoms with Gasteiger partial charge in [-0.25, -0.2) is 10.8 Å². The highest BCUT2D eigenvalue weighted by atomic mass is 35.5. The van der Waals surface area contributed by atoms with Gasteiger partial charge in [0.05, 0.1) is 15.6 Å². The summed E-state index contributed by atoms with van der Waals surface area (Å²) in [6, 6.07) is 1.65. The molecule has 0 bridgehead atoms. The number of pyridine rings is 1. The van der Waals surface area contributed by atoms with Crippen molar-refractivity contribution < 1.29 is 4.74 Å². The average molecular weight is 305 g/mol. The highest BCUT2D eigenvalue weighted by Gasteiger charge is 2.32. The topological polar surface area (TPSA) is 63.4 Å². The van der Waals surface area contributed by atoms with Crippen molar-refractivity contribution >= 4 is 34.8 Å². The van der Waals surface area contributed by atoms with Crippen molar-refractivity contribution in [1.82, 2.24) is 4.98 Å². The standard InChI is InChI=1S/C12H18Cl2N4O/c1-12(19-2)4-3-5-18(7-12)11-9(14)6-8(13)10(16-11)17-15/h6H,3-5,7,15H2,1-2H3,(H,16,17). The molecule has 0 aliphatic carbocycles. The van der Waals surface area contributed by atoms with Crippen molar-refractivity contribution in [3.8, 4) is 0 Å². The molecule has 5 nitrogen and oxygen atoms in total. The van der Waals surface area contributed by atoms with Gasteiger partial charge < -0.3 is 15.1 Å². The predicted molar refractivity (Wildman–Crippen MR) is 78.9 cm³/mol. The van der Waals surface area contributed by atoms with Gasteiger partial charge in [-0.05, 0) is 25.8 Å². The molecule has 1 fully saturated rings. The Labute approximate surface area is 123 Å². The van der Waals surface area contributed by atoms with Gasteiger partial charge in [-0.2, -0.15) is 0 Å². The van der Waals surface area contributed by atoms with Crippen LogP contribution in [0, 0.1) is 0 Å². The molecule has 1 saturated heterocycles. The number of hydrazine groups is 1. The van der Waals surface area contributed by atoms with Crippen LogP contribution in [-0.4, -0.2) is 30.8 Å². The molecule has 106 valence electrons. The number of nitrogens with one attached hydrogen (secondary N) is 1. The second-order valence-corrected chi connectivity index (χ2v) is 5.76. The lowest BCUT2D eigenvalue weighted by Gasteiger charge is -2.40. The fourth-order valence-corrected chi connectivity index (χ4v) is 2.87. The van der Waals surface area contributed by atoms with E-state index in [1.807, 2.05) is 0 Å². The van der Waals surface area contributed by atoms with Crippen LogP contribution in [0.2, 0.25) is 10.0 Å². The molecule has 0 spiro atoms. The number of methoxy groups -OCH3 is 1. The highest BCUT2D eigenvalue weighted by Crippen LogP contribution is 2.34. The number of rotatable bonds is 3. The maximum atomic E-state index is 6.23. The molecule has 1 aliphatic rings. The number of hydrogen-bond donors (Lipinski definition) is 2. The Morgan fingerprint density at radius 1 is 1.47 bits per heavy atom. The van der Waals surface area contributed by atoms with Crippen LogP contribution in [-0.2, 0) is 4.74 Å². The lowest BCUT2D eigenvalue weighted by atomic mass is 9.95. The number of nitrogens with zero attached hydrogens (tertiary/aromatic N) is 2. The third-order valence-electron chi connectivity index (χ3n) is 3.50. The Morgan fingerprint density at radius 2 is 2.21 bits per heavy atom. The lowest BCUT2D eigenvalue weighted by Crippen LogP contribution is -2.47. The molecule has 1 aromatic rings. The molecule has 3 N–H and O–H groups in total. The predicted octanol–water partition coefficient (Wildman–Crippen LogP) is 2.68. The molecule has 1 unspecified atom stereocenters. The second kappa shape index (κ2) is 5.71. The molecule has 0 aromatic carbocycles. The summed E-state index contributed by atoms with van der Waals surface area (Å²) in [5.74, 6) is 6.50. The summed E-state index contributed by atoms with van der Waals surface area (Å²) in [4.78, 5) is 6.49. The Balaban J connectivity index is 2.31. The van der Waals surface area contributed by atoms with E-state index in [0.29, 0.717) is 21.7 Å². The van der Waals surface area contributed by atoms with Gasteiger partial charge in [0.2, 0.25) is 0 Å². The first-order valence-corrected chi connectivity index (χ1v) is 6.87. The van der Waals surface area contributed by atoms with E-state index < -0.39 is 0 Å². The number of ether oxygens (including phenoxy) is 1. The van der Waals surface area contributed by atoms with Crippen LogP contribution in [0.3, 0.4) is 0 Å². The minimum atomic E-state index is -0.181.